The molecule has 18 heavy (non-hydrogen) atoms. The van der Waals surface area contributed by atoms with E-state index in [0.29, 0.717) is 6.61 Å². The summed E-state index contributed by atoms with van der Waals surface area (Å²) >= 11 is 0. The summed E-state index contributed by atoms with van der Waals surface area (Å²) < 4.78 is 5.71. The van der Waals surface area contributed by atoms with Gasteiger partial charge in [-0.25, -0.2) is 0 Å². The summed E-state index contributed by atoms with van der Waals surface area (Å²) in [5.41, 5.74) is 1.98. The Bertz CT molecular complexity index is 348. The second-order valence-electron chi connectivity index (χ2n) is 4.70. The van der Waals surface area contributed by atoms with Crippen molar-refractivity contribution in [3.05, 3.63) is 29.3 Å². The molecule has 0 bridgehead atoms. The van der Waals surface area contributed by atoms with Crippen LogP contribution in [0.5, 0.6) is 5.75 Å². The van der Waals surface area contributed by atoms with E-state index in [1.54, 1.807) is 6.92 Å². The van der Waals surface area contributed by atoms with Gasteiger partial charge >= 0.3 is 0 Å². The van der Waals surface area contributed by atoms with Crippen molar-refractivity contribution in [3.63, 3.8) is 0 Å². The van der Waals surface area contributed by atoms with E-state index in [4.69, 9.17) is 9.84 Å². The normalized spacial score (nSPS) is 12.4. The minimum Gasteiger partial charge on any atom is -0.493 e. The summed E-state index contributed by atoms with van der Waals surface area (Å²) in [6, 6.07) is 5.88. The van der Waals surface area contributed by atoms with E-state index in [9.17, 15) is 5.11 Å². The maximum absolute atomic E-state index is 9.69. The monoisotopic (exact) mass is 252 g/mol. The standard InChI is InChI=1S/C15H24O3/c1-12-7-8-15(14(11-12)13(2)17)18-10-6-4-3-5-9-16/h7-8,11,13,16-17H,3-6,9-10H2,1-2H3. The van der Waals surface area contributed by atoms with Gasteiger partial charge in [0.1, 0.15) is 5.75 Å². The van der Waals surface area contributed by atoms with Crippen molar-refractivity contribution in [2.24, 2.45) is 0 Å². The number of hydrogen-bond acceptors (Lipinski definition) is 3. The number of hydrogen-bond donors (Lipinski definition) is 2. The Morgan fingerprint density at radius 1 is 1.17 bits per heavy atom. The first-order chi connectivity index (χ1) is 8.65. The van der Waals surface area contributed by atoms with Crippen molar-refractivity contribution in [2.75, 3.05) is 13.2 Å². The van der Waals surface area contributed by atoms with Crippen molar-refractivity contribution in [1.82, 2.24) is 0 Å². The van der Waals surface area contributed by atoms with Gasteiger partial charge in [0.15, 0.2) is 0 Å². The zero-order chi connectivity index (χ0) is 13.4. The van der Waals surface area contributed by atoms with Crippen LogP contribution in [0.25, 0.3) is 0 Å². The Kier molecular flexibility index (Phi) is 6.76. The van der Waals surface area contributed by atoms with Gasteiger partial charge in [0, 0.05) is 12.2 Å². The Labute approximate surface area is 109 Å². The zero-order valence-electron chi connectivity index (χ0n) is 11.4. The SMILES string of the molecule is Cc1ccc(OCCCCCCO)c(C(C)O)c1. The van der Waals surface area contributed by atoms with Crippen LogP contribution in [0.2, 0.25) is 0 Å². The highest BCUT2D eigenvalue weighted by Gasteiger charge is 2.09. The predicted molar refractivity (Wildman–Crippen MR) is 72.9 cm³/mol. The molecule has 0 aliphatic rings. The molecule has 1 aromatic rings. The maximum atomic E-state index is 9.69. The molecule has 0 fully saturated rings. The summed E-state index contributed by atoms with van der Waals surface area (Å²) in [6.07, 6.45) is 3.44. The number of aliphatic hydroxyl groups excluding tert-OH is 2. The van der Waals surface area contributed by atoms with Crippen LogP contribution in [0, 0.1) is 6.92 Å². The van der Waals surface area contributed by atoms with Gasteiger partial charge in [-0.2, -0.15) is 0 Å². The lowest BCUT2D eigenvalue weighted by Gasteiger charge is -2.14. The third kappa shape index (κ3) is 5.07. The molecule has 0 aliphatic heterocycles. The summed E-state index contributed by atoms with van der Waals surface area (Å²) in [5.74, 6) is 0.776. The van der Waals surface area contributed by atoms with Crippen LogP contribution < -0.4 is 4.74 Å². The highest BCUT2D eigenvalue weighted by molar-refractivity contribution is 5.38. The molecule has 0 aliphatic carbocycles. The molecule has 1 rings (SSSR count). The molecule has 0 saturated carbocycles. The van der Waals surface area contributed by atoms with Crippen molar-refractivity contribution >= 4 is 0 Å². The molecule has 0 heterocycles. The molecule has 0 spiro atoms. The van der Waals surface area contributed by atoms with Crippen LogP contribution >= 0.6 is 0 Å². The van der Waals surface area contributed by atoms with Crippen LogP contribution in [-0.2, 0) is 0 Å². The molecular weight excluding hydrogens is 228 g/mol. The second kappa shape index (κ2) is 8.11. The quantitative estimate of drug-likeness (QED) is 0.699. The Morgan fingerprint density at radius 3 is 2.56 bits per heavy atom. The number of aliphatic hydroxyl groups is 2. The van der Waals surface area contributed by atoms with Gasteiger partial charge in [0.2, 0.25) is 0 Å². The maximum Gasteiger partial charge on any atom is 0.125 e. The first kappa shape index (κ1) is 15.0. The molecule has 0 radical (unpaired) electrons. The third-order valence-electron chi connectivity index (χ3n) is 2.93. The van der Waals surface area contributed by atoms with Gasteiger partial charge in [-0.15, -0.1) is 0 Å². The Balaban J connectivity index is 2.42. The first-order valence-corrected chi connectivity index (χ1v) is 6.67. The first-order valence-electron chi connectivity index (χ1n) is 6.67. The highest BCUT2D eigenvalue weighted by atomic mass is 16.5. The van der Waals surface area contributed by atoms with Crippen LogP contribution in [0.3, 0.4) is 0 Å². The van der Waals surface area contributed by atoms with Crippen LogP contribution in [0.4, 0.5) is 0 Å². The van der Waals surface area contributed by atoms with E-state index in [0.717, 1.165) is 42.6 Å². The van der Waals surface area contributed by atoms with Gasteiger partial charge in [-0.3, -0.25) is 0 Å². The molecular formula is C15H24O3. The van der Waals surface area contributed by atoms with E-state index in [1.165, 1.54) is 0 Å². The molecule has 0 amide bonds. The Hall–Kier alpha value is -1.06. The van der Waals surface area contributed by atoms with Gasteiger partial charge < -0.3 is 14.9 Å². The largest absolute Gasteiger partial charge is 0.493 e. The van der Waals surface area contributed by atoms with E-state index < -0.39 is 6.10 Å². The van der Waals surface area contributed by atoms with Crippen LogP contribution in [0.1, 0.15) is 49.8 Å². The lowest BCUT2D eigenvalue weighted by molar-refractivity contribution is 0.190. The van der Waals surface area contributed by atoms with Gasteiger partial charge in [-0.1, -0.05) is 18.1 Å². The van der Waals surface area contributed by atoms with Gasteiger partial charge in [0.05, 0.1) is 12.7 Å². The lowest BCUT2D eigenvalue weighted by Crippen LogP contribution is -2.03. The fourth-order valence-corrected chi connectivity index (χ4v) is 1.88. The third-order valence-corrected chi connectivity index (χ3v) is 2.93. The number of benzene rings is 1. The minimum absolute atomic E-state index is 0.269. The molecule has 1 unspecified atom stereocenters. The average Bonchev–Trinajstić information content (AvgIpc) is 2.35. The number of aryl methyl sites for hydroxylation is 1. The molecule has 1 aromatic carbocycles. The van der Waals surface area contributed by atoms with E-state index in [2.05, 4.69) is 0 Å². The number of unbranched alkanes of at least 4 members (excludes halogenated alkanes) is 3. The fourth-order valence-electron chi connectivity index (χ4n) is 1.88. The van der Waals surface area contributed by atoms with Crippen molar-refractivity contribution in [2.45, 2.75) is 45.6 Å². The molecule has 1 atom stereocenters. The molecule has 2 N–H and O–H groups in total. The highest BCUT2D eigenvalue weighted by Crippen LogP contribution is 2.26. The summed E-state index contributed by atoms with van der Waals surface area (Å²) in [7, 11) is 0. The summed E-state index contributed by atoms with van der Waals surface area (Å²) in [5, 5.41) is 18.4. The van der Waals surface area contributed by atoms with Crippen molar-refractivity contribution in [1.29, 1.82) is 0 Å². The molecule has 3 nitrogen and oxygen atoms in total. The van der Waals surface area contributed by atoms with E-state index in [-0.39, 0.29) is 6.61 Å². The van der Waals surface area contributed by atoms with E-state index in [1.807, 2.05) is 25.1 Å². The molecule has 102 valence electrons. The lowest BCUT2D eigenvalue weighted by atomic mass is 10.1. The van der Waals surface area contributed by atoms with Crippen LogP contribution in [0.15, 0.2) is 18.2 Å². The van der Waals surface area contributed by atoms with Crippen molar-refractivity contribution in [3.8, 4) is 5.75 Å². The van der Waals surface area contributed by atoms with Crippen molar-refractivity contribution < 1.29 is 14.9 Å². The Morgan fingerprint density at radius 2 is 1.89 bits per heavy atom. The number of rotatable bonds is 8. The van der Waals surface area contributed by atoms with Gasteiger partial charge in [-0.05, 0) is 45.2 Å². The van der Waals surface area contributed by atoms with Gasteiger partial charge in [0.25, 0.3) is 0 Å². The second-order valence-corrected chi connectivity index (χ2v) is 4.70. The number of ether oxygens (including phenoxy) is 1. The fraction of sp³-hybridized carbons (Fsp3) is 0.600. The topological polar surface area (TPSA) is 49.7 Å². The van der Waals surface area contributed by atoms with Crippen LogP contribution in [-0.4, -0.2) is 23.4 Å². The minimum atomic E-state index is -0.505. The zero-order valence-corrected chi connectivity index (χ0v) is 11.4. The smallest absolute Gasteiger partial charge is 0.125 e. The average molecular weight is 252 g/mol. The molecule has 0 saturated heterocycles. The molecule has 3 heteroatoms. The predicted octanol–water partition coefficient (Wildman–Crippen LogP) is 2.98. The molecule has 0 aromatic heterocycles. The summed E-state index contributed by atoms with van der Waals surface area (Å²) in [4.78, 5) is 0. The summed E-state index contributed by atoms with van der Waals surface area (Å²) in [6.45, 7) is 4.69. The van der Waals surface area contributed by atoms with E-state index >= 15 is 0 Å².